The topological polar surface area (TPSA) is 75.7 Å². The van der Waals surface area contributed by atoms with E-state index in [9.17, 15) is 17.6 Å². The first-order chi connectivity index (χ1) is 15.0. The van der Waals surface area contributed by atoms with Gasteiger partial charge in [0.1, 0.15) is 17.2 Å². The van der Waals surface area contributed by atoms with E-state index in [0.717, 1.165) is 29.0 Å². The molecule has 1 atom stereocenters. The van der Waals surface area contributed by atoms with E-state index >= 15 is 0 Å². The number of fused-ring (bicyclic) bond motifs is 1. The van der Waals surface area contributed by atoms with Crippen LogP contribution < -0.4 is 10.1 Å². The summed E-state index contributed by atoms with van der Waals surface area (Å²) in [5.41, 5.74) is 1.67. The van der Waals surface area contributed by atoms with Crippen LogP contribution in [0.3, 0.4) is 0 Å². The zero-order valence-corrected chi connectivity index (χ0v) is 19.4. The lowest BCUT2D eigenvalue weighted by molar-refractivity contribution is -0.127. The number of carbonyl (C=O) groups excluding carboxylic acids is 1. The largest absolute Gasteiger partial charge is 0.487 e. The molecule has 0 radical (unpaired) electrons. The Kier molecular flexibility index (Phi) is 6.02. The number of aryl methyl sites for hydroxylation is 1. The van der Waals surface area contributed by atoms with Crippen LogP contribution >= 0.6 is 0 Å². The van der Waals surface area contributed by atoms with Crippen LogP contribution in [0.5, 0.6) is 5.75 Å². The zero-order valence-electron chi connectivity index (χ0n) is 18.6. The molecule has 0 bridgehead atoms. The van der Waals surface area contributed by atoms with E-state index in [-0.39, 0.29) is 35.9 Å². The monoisotopic (exact) mass is 460 g/mol. The molecule has 2 aliphatic rings. The lowest BCUT2D eigenvalue weighted by Gasteiger charge is -2.39. The van der Waals surface area contributed by atoms with Crippen LogP contribution in [0.25, 0.3) is 0 Å². The summed E-state index contributed by atoms with van der Waals surface area (Å²) in [5, 5.41) is 3.18. The van der Waals surface area contributed by atoms with Gasteiger partial charge < -0.3 is 10.1 Å². The van der Waals surface area contributed by atoms with Crippen molar-refractivity contribution in [2.45, 2.75) is 56.6 Å². The third kappa shape index (κ3) is 4.66. The molecular weight excluding hydrogens is 431 g/mol. The van der Waals surface area contributed by atoms with Crippen LogP contribution in [-0.4, -0.2) is 37.3 Å². The van der Waals surface area contributed by atoms with Crippen LogP contribution in [0.4, 0.5) is 4.39 Å². The maximum atomic E-state index is 13.1. The van der Waals surface area contributed by atoms with Gasteiger partial charge in [0, 0.05) is 31.0 Å². The number of nitrogens with one attached hydrogen (secondary N) is 1. The van der Waals surface area contributed by atoms with Gasteiger partial charge in [0.2, 0.25) is 15.9 Å². The summed E-state index contributed by atoms with van der Waals surface area (Å²) in [6.07, 6.45) is 1.55. The van der Waals surface area contributed by atoms with Crippen molar-refractivity contribution in [2.75, 3.05) is 13.1 Å². The second kappa shape index (κ2) is 8.48. The molecule has 0 aliphatic carbocycles. The minimum absolute atomic E-state index is 0.0574. The highest BCUT2D eigenvalue weighted by atomic mass is 32.2. The summed E-state index contributed by atoms with van der Waals surface area (Å²) in [4.78, 5) is 13.1. The maximum absolute atomic E-state index is 13.1. The molecular formula is C24H29FN2O4S. The number of halogens is 1. The van der Waals surface area contributed by atoms with Gasteiger partial charge in [-0.2, -0.15) is 4.31 Å². The number of amides is 1. The van der Waals surface area contributed by atoms with Gasteiger partial charge in [0.25, 0.3) is 0 Å². The fourth-order valence-electron chi connectivity index (χ4n) is 4.49. The second-order valence-electron chi connectivity index (χ2n) is 9.30. The Morgan fingerprint density at radius 1 is 1.12 bits per heavy atom. The molecule has 1 fully saturated rings. The minimum atomic E-state index is -3.70. The molecule has 1 N–H and O–H groups in total. The van der Waals surface area contributed by atoms with Gasteiger partial charge in [-0.25, -0.2) is 12.8 Å². The SMILES string of the molecule is Cc1ccc2c(c1)OC(C)(C)CC2NC(=O)C1CCN(S(=O)(=O)c2ccc(F)cc2)CC1. The first-order valence-electron chi connectivity index (χ1n) is 10.9. The van der Waals surface area contributed by atoms with E-state index in [0.29, 0.717) is 19.3 Å². The van der Waals surface area contributed by atoms with E-state index in [1.807, 2.05) is 39.0 Å². The number of carbonyl (C=O) groups is 1. The highest BCUT2D eigenvalue weighted by Crippen LogP contribution is 2.40. The predicted octanol–water partition coefficient (Wildman–Crippen LogP) is 3.95. The predicted molar refractivity (Wildman–Crippen MR) is 119 cm³/mol. The smallest absolute Gasteiger partial charge is 0.243 e. The summed E-state index contributed by atoms with van der Waals surface area (Å²) in [6.45, 7) is 6.54. The van der Waals surface area contributed by atoms with Gasteiger partial charge in [-0.3, -0.25) is 4.79 Å². The lowest BCUT2D eigenvalue weighted by Crippen LogP contribution is -2.46. The average molecular weight is 461 g/mol. The summed E-state index contributed by atoms with van der Waals surface area (Å²) in [7, 11) is -3.70. The molecule has 0 aromatic heterocycles. The molecule has 2 heterocycles. The Balaban J connectivity index is 1.42. The molecule has 6 nitrogen and oxygen atoms in total. The highest BCUT2D eigenvalue weighted by molar-refractivity contribution is 7.89. The Hall–Kier alpha value is -2.45. The van der Waals surface area contributed by atoms with Gasteiger partial charge in [-0.05, 0) is 69.5 Å². The number of nitrogens with zero attached hydrogens (tertiary/aromatic N) is 1. The molecule has 1 amide bonds. The molecule has 4 rings (SSSR count). The van der Waals surface area contributed by atoms with Gasteiger partial charge >= 0.3 is 0 Å². The van der Waals surface area contributed by atoms with Crippen molar-refractivity contribution in [3.63, 3.8) is 0 Å². The van der Waals surface area contributed by atoms with Crippen molar-refractivity contribution in [3.05, 3.63) is 59.4 Å². The number of benzene rings is 2. The third-order valence-corrected chi connectivity index (χ3v) is 8.13. The van der Waals surface area contributed by atoms with Crippen LogP contribution in [0.15, 0.2) is 47.4 Å². The molecule has 2 aliphatic heterocycles. The highest BCUT2D eigenvalue weighted by Gasteiger charge is 2.37. The maximum Gasteiger partial charge on any atom is 0.243 e. The van der Waals surface area contributed by atoms with Crippen molar-refractivity contribution in [1.29, 1.82) is 0 Å². The Labute approximate surface area is 188 Å². The van der Waals surface area contributed by atoms with E-state index in [2.05, 4.69) is 5.32 Å². The molecule has 1 unspecified atom stereocenters. The Morgan fingerprint density at radius 3 is 2.44 bits per heavy atom. The van der Waals surface area contributed by atoms with E-state index in [1.54, 1.807) is 0 Å². The van der Waals surface area contributed by atoms with Gasteiger partial charge in [-0.1, -0.05) is 12.1 Å². The molecule has 8 heteroatoms. The van der Waals surface area contributed by atoms with Crippen LogP contribution in [0.1, 0.15) is 50.3 Å². The fraction of sp³-hybridized carbons (Fsp3) is 0.458. The van der Waals surface area contributed by atoms with E-state index in [1.165, 1.54) is 16.4 Å². The molecule has 2 aromatic rings. The summed E-state index contributed by atoms with van der Waals surface area (Å²) >= 11 is 0. The van der Waals surface area contributed by atoms with Crippen LogP contribution in [0.2, 0.25) is 0 Å². The number of sulfonamides is 1. The van der Waals surface area contributed by atoms with E-state index < -0.39 is 21.4 Å². The number of ether oxygens (including phenoxy) is 1. The standard InChI is InChI=1S/C24H29FN2O4S/c1-16-4-9-20-21(15-24(2,3)31-22(20)14-16)26-23(28)17-10-12-27(13-11-17)32(29,30)19-7-5-18(25)6-8-19/h4-9,14,17,21H,10-13,15H2,1-3H3,(H,26,28). The van der Waals surface area contributed by atoms with Gasteiger partial charge in [0.05, 0.1) is 10.9 Å². The molecule has 0 spiro atoms. The zero-order chi connectivity index (χ0) is 23.1. The normalized spacial score (nSPS) is 21.4. The Morgan fingerprint density at radius 2 is 1.78 bits per heavy atom. The molecule has 172 valence electrons. The first-order valence-corrected chi connectivity index (χ1v) is 12.3. The number of rotatable bonds is 4. The summed E-state index contributed by atoms with van der Waals surface area (Å²) in [6, 6.07) is 10.7. The molecule has 32 heavy (non-hydrogen) atoms. The number of piperidine rings is 1. The van der Waals surface area contributed by atoms with Gasteiger partial charge in [0.15, 0.2) is 0 Å². The van der Waals surface area contributed by atoms with Crippen molar-refractivity contribution < 1.29 is 22.3 Å². The number of hydrogen-bond donors (Lipinski definition) is 1. The summed E-state index contributed by atoms with van der Waals surface area (Å²) in [5.74, 6) is 0.00620. The van der Waals surface area contributed by atoms with Crippen LogP contribution in [0, 0.1) is 18.7 Å². The first kappa shape index (κ1) is 22.7. The second-order valence-corrected chi connectivity index (χ2v) is 11.2. The van der Waals surface area contributed by atoms with Crippen LogP contribution in [-0.2, 0) is 14.8 Å². The van der Waals surface area contributed by atoms with Crippen molar-refractivity contribution in [3.8, 4) is 5.75 Å². The quantitative estimate of drug-likeness (QED) is 0.750. The average Bonchev–Trinajstić information content (AvgIpc) is 2.73. The van der Waals surface area contributed by atoms with Crippen molar-refractivity contribution in [1.82, 2.24) is 9.62 Å². The third-order valence-electron chi connectivity index (χ3n) is 6.22. The number of hydrogen-bond acceptors (Lipinski definition) is 4. The fourth-order valence-corrected chi connectivity index (χ4v) is 5.96. The molecule has 2 aromatic carbocycles. The van der Waals surface area contributed by atoms with E-state index in [4.69, 9.17) is 4.74 Å². The van der Waals surface area contributed by atoms with Crippen molar-refractivity contribution >= 4 is 15.9 Å². The Bertz CT molecular complexity index is 1110. The van der Waals surface area contributed by atoms with Crippen molar-refractivity contribution in [2.24, 2.45) is 5.92 Å². The molecule has 1 saturated heterocycles. The van der Waals surface area contributed by atoms with Gasteiger partial charge in [-0.15, -0.1) is 0 Å². The summed E-state index contributed by atoms with van der Waals surface area (Å²) < 4.78 is 46.3. The minimum Gasteiger partial charge on any atom is -0.487 e. The molecule has 0 saturated carbocycles. The lowest BCUT2D eigenvalue weighted by atomic mass is 9.88.